The van der Waals surface area contributed by atoms with E-state index in [0.29, 0.717) is 18.8 Å². The lowest BCUT2D eigenvalue weighted by Crippen LogP contribution is -2.36. The summed E-state index contributed by atoms with van der Waals surface area (Å²) < 4.78 is 11.1. The molecule has 1 aromatic carbocycles. The summed E-state index contributed by atoms with van der Waals surface area (Å²) in [6.45, 7) is 5.15. The van der Waals surface area contributed by atoms with Gasteiger partial charge in [0, 0.05) is 17.5 Å². The Hall–Kier alpha value is -2.64. The van der Waals surface area contributed by atoms with Crippen LogP contribution in [0.15, 0.2) is 52.5 Å². The van der Waals surface area contributed by atoms with Gasteiger partial charge >= 0.3 is 0 Å². The molecule has 0 aliphatic carbocycles. The molecule has 1 amide bonds. The summed E-state index contributed by atoms with van der Waals surface area (Å²) in [5, 5.41) is 5.66. The third-order valence-corrected chi connectivity index (χ3v) is 5.95. The van der Waals surface area contributed by atoms with Crippen molar-refractivity contribution in [2.24, 2.45) is 0 Å². The van der Waals surface area contributed by atoms with Gasteiger partial charge in [-0.15, -0.1) is 11.3 Å². The van der Waals surface area contributed by atoms with E-state index in [9.17, 15) is 4.79 Å². The summed E-state index contributed by atoms with van der Waals surface area (Å²) in [4.78, 5) is 19.6. The Morgan fingerprint density at radius 1 is 1.28 bits per heavy atom. The van der Waals surface area contributed by atoms with Crippen LogP contribution < -0.4 is 10.1 Å². The van der Waals surface area contributed by atoms with Gasteiger partial charge in [0.2, 0.25) is 0 Å². The third kappa shape index (κ3) is 4.68. The van der Waals surface area contributed by atoms with Gasteiger partial charge in [-0.2, -0.15) is 0 Å². The van der Waals surface area contributed by atoms with Crippen LogP contribution in [0, 0.1) is 0 Å². The first-order valence-corrected chi connectivity index (χ1v) is 10.9. The summed E-state index contributed by atoms with van der Waals surface area (Å²) in [5.74, 6) is 1.56. The van der Waals surface area contributed by atoms with Crippen LogP contribution in [0.5, 0.6) is 5.75 Å². The first-order valence-electron chi connectivity index (χ1n) is 9.99. The molecular formula is C22H25N3O3S. The summed E-state index contributed by atoms with van der Waals surface area (Å²) in [6.07, 6.45) is 4.05. The number of benzene rings is 1. The van der Waals surface area contributed by atoms with Crippen LogP contribution in [0.25, 0.3) is 10.6 Å². The maximum atomic E-state index is 12.7. The molecule has 1 fully saturated rings. The van der Waals surface area contributed by atoms with E-state index in [0.717, 1.165) is 35.2 Å². The molecule has 1 aliphatic heterocycles. The normalized spacial score (nSPS) is 15.3. The molecule has 3 aromatic rings. The van der Waals surface area contributed by atoms with Gasteiger partial charge in [-0.05, 0) is 69.3 Å². The van der Waals surface area contributed by atoms with Gasteiger partial charge in [0.25, 0.3) is 5.91 Å². The molecule has 0 spiro atoms. The standard InChI is InChI=1S/C22H25N3O3S/c1-2-27-17-9-7-16(8-10-17)22-24-18(15-29-22)21(26)23-14-19(20-6-5-13-28-20)25-11-3-4-12-25/h5-10,13,15,19H,2-4,11-12,14H2,1H3,(H,23,26). The van der Waals surface area contributed by atoms with Crippen LogP contribution in [-0.2, 0) is 0 Å². The van der Waals surface area contributed by atoms with Gasteiger partial charge in [0.1, 0.15) is 22.2 Å². The number of hydrogen-bond donors (Lipinski definition) is 1. The number of carbonyl (C=O) groups excluding carboxylic acids is 1. The number of hydrogen-bond acceptors (Lipinski definition) is 6. The molecule has 1 aliphatic rings. The van der Waals surface area contributed by atoms with E-state index >= 15 is 0 Å². The third-order valence-electron chi connectivity index (χ3n) is 5.06. The molecule has 1 atom stereocenters. The number of carbonyl (C=O) groups is 1. The minimum absolute atomic E-state index is 0.0562. The maximum absolute atomic E-state index is 12.7. The van der Waals surface area contributed by atoms with E-state index < -0.39 is 0 Å². The highest BCUT2D eigenvalue weighted by atomic mass is 32.1. The van der Waals surface area contributed by atoms with E-state index in [4.69, 9.17) is 9.15 Å². The van der Waals surface area contributed by atoms with E-state index in [1.54, 1.807) is 11.6 Å². The van der Waals surface area contributed by atoms with Gasteiger partial charge in [-0.1, -0.05) is 0 Å². The minimum atomic E-state index is -0.158. The lowest BCUT2D eigenvalue weighted by Gasteiger charge is -2.25. The van der Waals surface area contributed by atoms with Crippen molar-refractivity contribution in [3.63, 3.8) is 0 Å². The number of ether oxygens (including phenoxy) is 1. The average Bonchev–Trinajstić information content (AvgIpc) is 3.51. The first-order chi connectivity index (χ1) is 14.2. The molecule has 29 heavy (non-hydrogen) atoms. The van der Waals surface area contributed by atoms with Gasteiger partial charge in [0.05, 0.1) is 18.9 Å². The van der Waals surface area contributed by atoms with Crippen molar-refractivity contribution in [2.75, 3.05) is 26.2 Å². The number of amides is 1. The molecule has 152 valence electrons. The van der Waals surface area contributed by atoms with Crippen molar-refractivity contribution in [2.45, 2.75) is 25.8 Å². The van der Waals surface area contributed by atoms with Gasteiger partial charge in [0.15, 0.2) is 0 Å². The number of nitrogens with zero attached hydrogens (tertiary/aromatic N) is 2. The predicted octanol–water partition coefficient (Wildman–Crippen LogP) is 4.37. The highest BCUT2D eigenvalue weighted by molar-refractivity contribution is 7.13. The highest BCUT2D eigenvalue weighted by Gasteiger charge is 2.26. The molecule has 1 N–H and O–H groups in total. The van der Waals surface area contributed by atoms with Crippen molar-refractivity contribution < 1.29 is 13.9 Å². The average molecular weight is 412 g/mol. The Kier molecular flexibility index (Phi) is 6.27. The zero-order valence-electron chi connectivity index (χ0n) is 16.5. The summed E-state index contributed by atoms with van der Waals surface area (Å²) in [6, 6.07) is 11.7. The smallest absolute Gasteiger partial charge is 0.270 e. The first kappa shape index (κ1) is 19.7. The molecule has 1 saturated heterocycles. The van der Waals surface area contributed by atoms with Crippen LogP contribution in [0.1, 0.15) is 42.1 Å². The Morgan fingerprint density at radius 3 is 2.76 bits per heavy atom. The number of aromatic nitrogens is 1. The molecule has 0 saturated carbocycles. The zero-order valence-corrected chi connectivity index (χ0v) is 17.3. The van der Waals surface area contributed by atoms with Crippen molar-refractivity contribution in [3.05, 3.63) is 59.5 Å². The SMILES string of the molecule is CCOc1ccc(-c2nc(C(=O)NCC(c3ccco3)N3CCCC3)cs2)cc1. The number of furan rings is 1. The van der Waals surface area contributed by atoms with E-state index in [2.05, 4.69) is 15.2 Å². The summed E-state index contributed by atoms with van der Waals surface area (Å²) in [7, 11) is 0. The second-order valence-electron chi connectivity index (χ2n) is 6.98. The second kappa shape index (κ2) is 9.24. The Bertz CT molecular complexity index is 915. The number of likely N-dealkylation sites (tertiary alicyclic amines) is 1. The quantitative estimate of drug-likeness (QED) is 0.596. The van der Waals surface area contributed by atoms with Crippen molar-refractivity contribution in [3.8, 4) is 16.3 Å². The molecule has 3 heterocycles. The maximum Gasteiger partial charge on any atom is 0.270 e. The van der Waals surface area contributed by atoms with Crippen LogP contribution in [0.3, 0.4) is 0 Å². The number of nitrogens with one attached hydrogen (secondary N) is 1. The highest BCUT2D eigenvalue weighted by Crippen LogP contribution is 2.27. The molecule has 0 radical (unpaired) electrons. The zero-order chi connectivity index (χ0) is 20.1. The van der Waals surface area contributed by atoms with Gasteiger partial charge < -0.3 is 14.5 Å². The van der Waals surface area contributed by atoms with E-state index in [1.807, 2.05) is 43.3 Å². The molecule has 2 aromatic heterocycles. The second-order valence-corrected chi connectivity index (χ2v) is 7.84. The topological polar surface area (TPSA) is 67.6 Å². The predicted molar refractivity (Wildman–Crippen MR) is 113 cm³/mol. The van der Waals surface area contributed by atoms with Crippen LogP contribution in [-0.4, -0.2) is 42.0 Å². The van der Waals surface area contributed by atoms with Gasteiger partial charge in [-0.25, -0.2) is 4.98 Å². The van der Waals surface area contributed by atoms with E-state index in [1.165, 1.54) is 24.2 Å². The monoisotopic (exact) mass is 411 g/mol. The lowest BCUT2D eigenvalue weighted by molar-refractivity contribution is 0.0929. The van der Waals surface area contributed by atoms with Crippen LogP contribution in [0.2, 0.25) is 0 Å². The molecule has 1 unspecified atom stereocenters. The fourth-order valence-corrected chi connectivity index (χ4v) is 4.40. The number of rotatable bonds is 8. The van der Waals surface area contributed by atoms with E-state index in [-0.39, 0.29) is 11.9 Å². The fraction of sp³-hybridized carbons (Fsp3) is 0.364. The minimum Gasteiger partial charge on any atom is -0.494 e. The van der Waals surface area contributed by atoms with Crippen LogP contribution in [0.4, 0.5) is 0 Å². The molecular weight excluding hydrogens is 386 g/mol. The van der Waals surface area contributed by atoms with Crippen molar-refractivity contribution in [1.29, 1.82) is 0 Å². The summed E-state index contributed by atoms with van der Waals surface area (Å²) >= 11 is 1.47. The van der Waals surface area contributed by atoms with Crippen molar-refractivity contribution in [1.82, 2.24) is 15.2 Å². The lowest BCUT2D eigenvalue weighted by atomic mass is 10.2. The number of thiazole rings is 1. The van der Waals surface area contributed by atoms with Crippen LogP contribution >= 0.6 is 11.3 Å². The Morgan fingerprint density at radius 2 is 2.07 bits per heavy atom. The molecule has 6 nitrogen and oxygen atoms in total. The largest absolute Gasteiger partial charge is 0.494 e. The fourth-order valence-electron chi connectivity index (χ4n) is 3.59. The van der Waals surface area contributed by atoms with Crippen molar-refractivity contribution >= 4 is 17.2 Å². The molecule has 4 rings (SSSR count). The summed E-state index contributed by atoms with van der Waals surface area (Å²) in [5.41, 5.74) is 1.42. The molecule has 7 heteroatoms. The van der Waals surface area contributed by atoms with Gasteiger partial charge in [-0.3, -0.25) is 9.69 Å². The Balaban J connectivity index is 1.40. The Labute approximate surface area is 174 Å². The molecule has 0 bridgehead atoms.